The van der Waals surface area contributed by atoms with E-state index in [1.54, 1.807) is 0 Å². The number of rotatable bonds is 3. The summed E-state index contributed by atoms with van der Waals surface area (Å²) in [5, 5.41) is 9.26. The molecule has 0 bridgehead atoms. The van der Waals surface area contributed by atoms with E-state index in [0.717, 1.165) is 45.3 Å². The number of nitrogens with zero attached hydrogens (tertiary/aromatic N) is 4. The number of piperidine rings is 1. The van der Waals surface area contributed by atoms with Crippen LogP contribution in [-0.2, 0) is 4.79 Å². The molecule has 2 fully saturated rings. The van der Waals surface area contributed by atoms with E-state index in [9.17, 15) is 14.3 Å². The molecule has 2 aliphatic heterocycles. The summed E-state index contributed by atoms with van der Waals surface area (Å²) in [4.78, 5) is 23.4. The van der Waals surface area contributed by atoms with Crippen molar-refractivity contribution in [3.05, 3.63) is 18.2 Å². The molecular formula is C14H19FN4O2. The van der Waals surface area contributed by atoms with Gasteiger partial charge in [-0.3, -0.25) is 9.69 Å². The number of likely N-dealkylation sites (tertiary alicyclic amines) is 1. The second-order valence-corrected chi connectivity index (χ2v) is 5.65. The number of aliphatic carboxylic acids is 1. The van der Waals surface area contributed by atoms with Crippen molar-refractivity contribution < 1.29 is 14.3 Å². The Hall–Kier alpha value is -1.76. The average Bonchev–Trinajstić information content (AvgIpc) is 2.98. The first-order chi connectivity index (χ1) is 10.1. The zero-order valence-corrected chi connectivity index (χ0v) is 11.8. The lowest BCUT2D eigenvalue weighted by atomic mass is 10.0. The second kappa shape index (κ2) is 5.93. The van der Waals surface area contributed by atoms with Crippen LogP contribution in [0.25, 0.3) is 0 Å². The topological polar surface area (TPSA) is 69.6 Å². The second-order valence-electron chi connectivity index (χ2n) is 5.65. The molecule has 1 N–H and O–H groups in total. The molecule has 0 saturated carbocycles. The number of aromatic nitrogens is 2. The molecule has 1 aromatic rings. The highest BCUT2D eigenvalue weighted by Gasteiger charge is 2.36. The lowest BCUT2D eigenvalue weighted by Gasteiger charge is -2.38. The molecule has 1 aromatic heterocycles. The van der Waals surface area contributed by atoms with Crippen LogP contribution in [0, 0.1) is 5.82 Å². The first-order valence-corrected chi connectivity index (χ1v) is 7.36. The maximum atomic E-state index is 12.8. The number of hydrogen-bond donors (Lipinski definition) is 1. The summed E-state index contributed by atoms with van der Waals surface area (Å²) in [6.45, 7) is 2.42. The quantitative estimate of drug-likeness (QED) is 0.901. The van der Waals surface area contributed by atoms with Crippen LogP contribution in [0.4, 0.5) is 10.3 Å². The molecule has 2 aliphatic rings. The van der Waals surface area contributed by atoms with Gasteiger partial charge in [-0.2, -0.15) is 0 Å². The first-order valence-electron chi connectivity index (χ1n) is 7.36. The number of carboxylic acids is 1. The zero-order chi connectivity index (χ0) is 14.8. The summed E-state index contributed by atoms with van der Waals surface area (Å²) in [5.74, 6) is -0.599. The summed E-state index contributed by atoms with van der Waals surface area (Å²) in [5.41, 5.74) is 0. The maximum absolute atomic E-state index is 12.8. The fourth-order valence-electron chi connectivity index (χ4n) is 3.36. The lowest BCUT2D eigenvalue weighted by Crippen LogP contribution is -2.49. The number of carboxylic acid groups (broad SMARTS) is 1. The predicted molar refractivity (Wildman–Crippen MR) is 74.6 cm³/mol. The van der Waals surface area contributed by atoms with Crippen molar-refractivity contribution in [3.8, 4) is 0 Å². The van der Waals surface area contributed by atoms with Gasteiger partial charge < -0.3 is 10.0 Å². The van der Waals surface area contributed by atoms with E-state index in [1.165, 1.54) is 12.4 Å². The van der Waals surface area contributed by atoms with Gasteiger partial charge in [0.15, 0.2) is 5.82 Å². The molecule has 3 rings (SSSR count). The Labute approximate surface area is 122 Å². The molecule has 114 valence electrons. The van der Waals surface area contributed by atoms with Gasteiger partial charge in [0.25, 0.3) is 0 Å². The monoisotopic (exact) mass is 294 g/mol. The predicted octanol–water partition coefficient (Wildman–Crippen LogP) is 1.13. The third-order valence-electron chi connectivity index (χ3n) is 4.40. The van der Waals surface area contributed by atoms with E-state index in [1.807, 2.05) is 4.90 Å². The van der Waals surface area contributed by atoms with Crippen molar-refractivity contribution in [1.82, 2.24) is 14.9 Å². The van der Waals surface area contributed by atoms with Gasteiger partial charge in [0, 0.05) is 19.1 Å². The largest absolute Gasteiger partial charge is 0.480 e. The zero-order valence-electron chi connectivity index (χ0n) is 11.8. The molecule has 7 heteroatoms. The van der Waals surface area contributed by atoms with Crippen LogP contribution in [0.2, 0.25) is 0 Å². The maximum Gasteiger partial charge on any atom is 0.320 e. The first kappa shape index (κ1) is 14.2. The van der Waals surface area contributed by atoms with Crippen molar-refractivity contribution in [2.24, 2.45) is 0 Å². The van der Waals surface area contributed by atoms with Gasteiger partial charge in [-0.1, -0.05) is 0 Å². The average molecular weight is 294 g/mol. The number of hydrogen-bond acceptors (Lipinski definition) is 5. The molecule has 3 heterocycles. The van der Waals surface area contributed by atoms with E-state index in [2.05, 4.69) is 14.9 Å². The Morgan fingerprint density at radius 3 is 2.48 bits per heavy atom. The van der Waals surface area contributed by atoms with Crippen LogP contribution in [0.15, 0.2) is 12.4 Å². The van der Waals surface area contributed by atoms with E-state index in [0.29, 0.717) is 12.0 Å². The molecule has 21 heavy (non-hydrogen) atoms. The van der Waals surface area contributed by atoms with Gasteiger partial charge >= 0.3 is 5.97 Å². The van der Waals surface area contributed by atoms with Crippen LogP contribution in [0.3, 0.4) is 0 Å². The molecule has 1 atom stereocenters. The Bertz CT molecular complexity index is 502. The standard InChI is InChI=1S/C14H19FN4O2/c15-10-8-16-14(17-9-10)18-6-3-11(4-7-18)19-5-1-2-12(19)13(20)21/h8-9,11-12H,1-7H2,(H,20,21). The Balaban J connectivity index is 1.60. The number of carbonyl (C=O) groups is 1. The fourth-order valence-corrected chi connectivity index (χ4v) is 3.36. The SMILES string of the molecule is O=C(O)C1CCCN1C1CCN(c2ncc(F)cn2)CC1. The third-order valence-corrected chi connectivity index (χ3v) is 4.40. The van der Waals surface area contributed by atoms with Crippen molar-refractivity contribution >= 4 is 11.9 Å². The molecule has 6 nitrogen and oxygen atoms in total. The van der Waals surface area contributed by atoms with Crippen LogP contribution in [0.1, 0.15) is 25.7 Å². The molecule has 1 unspecified atom stereocenters. The molecule has 0 radical (unpaired) electrons. The van der Waals surface area contributed by atoms with Crippen molar-refractivity contribution in [2.75, 3.05) is 24.5 Å². The summed E-state index contributed by atoms with van der Waals surface area (Å²) in [7, 11) is 0. The summed E-state index contributed by atoms with van der Waals surface area (Å²) in [6, 6.07) is -0.0195. The van der Waals surface area contributed by atoms with E-state index in [4.69, 9.17) is 0 Å². The van der Waals surface area contributed by atoms with E-state index >= 15 is 0 Å². The smallest absolute Gasteiger partial charge is 0.320 e. The highest BCUT2D eigenvalue weighted by atomic mass is 19.1. The highest BCUT2D eigenvalue weighted by Crippen LogP contribution is 2.27. The van der Waals surface area contributed by atoms with Crippen molar-refractivity contribution in [1.29, 1.82) is 0 Å². The molecule has 2 saturated heterocycles. The van der Waals surface area contributed by atoms with Crippen molar-refractivity contribution in [2.45, 2.75) is 37.8 Å². The van der Waals surface area contributed by atoms with Crippen LogP contribution in [-0.4, -0.2) is 57.7 Å². The lowest BCUT2D eigenvalue weighted by molar-refractivity contribution is -0.143. The van der Waals surface area contributed by atoms with Crippen LogP contribution >= 0.6 is 0 Å². The van der Waals surface area contributed by atoms with E-state index < -0.39 is 11.8 Å². The number of anilines is 1. The van der Waals surface area contributed by atoms with Gasteiger partial charge in [-0.15, -0.1) is 0 Å². The minimum Gasteiger partial charge on any atom is -0.480 e. The Kier molecular flexibility index (Phi) is 4.01. The van der Waals surface area contributed by atoms with Crippen LogP contribution in [0.5, 0.6) is 0 Å². The Morgan fingerprint density at radius 1 is 1.19 bits per heavy atom. The van der Waals surface area contributed by atoms with E-state index in [-0.39, 0.29) is 6.04 Å². The van der Waals surface area contributed by atoms with Gasteiger partial charge in [0.1, 0.15) is 6.04 Å². The minimum absolute atomic E-state index is 0.310. The molecular weight excluding hydrogens is 275 g/mol. The molecule has 0 spiro atoms. The van der Waals surface area contributed by atoms with Gasteiger partial charge in [-0.05, 0) is 32.2 Å². The minimum atomic E-state index is -0.711. The van der Waals surface area contributed by atoms with Crippen molar-refractivity contribution in [3.63, 3.8) is 0 Å². The summed E-state index contributed by atoms with van der Waals surface area (Å²) >= 11 is 0. The van der Waals surface area contributed by atoms with Gasteiger partial charge in [0.05, 0.1) is 12.4 Å². The highest BCUT2D eigenvalue weighted by molar-refractivity contribution is 5.73. The normalized spacial score (nSPS) is 24.4. The molecule has 0 aromatic carbocycles. The Morgan fingerprint density at radius 2 is 1.86 bits per heavy atom. The molecule has 0 amide bonds. The summed E-state index contributed by atoms with van der Waals surface area (Å²) < 4.78 is 12.8. The number of halogens is 1. The third kappa shape index (κ3) is 2.97. The fraction of sp³-hybridized carbons (Fsp3) is 0.643. The summed E-state index contributed by atoms with van der Waals surface area (Å²) in [6.07, 6.45) is 5.84. The van der Waals surface area contributed by atoms with Gasteiger partial charge in [-0.25, -0.2) is 14.4 Å². The molecule has 0 aliphatic carbocycles. The van der Waals surface area contributed by atoms with Crippen LogP contribution < -0.4 is 4.90 Å². The van der Waals surface area contributed by atoms with Gasteiger partial charge in [0.2, 0.25) is 5.95 Å².